The average molecular weight is 317 g/mol. The van der Waals surface area contributed by atoms with Gasteiger partial charge in [-0.1, -0.05) is 5.16 Å². The van der Waals surface area contributed by atoms with Gasteiger partial charge in [-0.15, -0.1) is 0 Å². The number of carbonyl (C=O) groups is 2. The van der Waals surface area contributed by atoms with Crippen molar-refractivity contribution in [2.75, 3.05) is 5.32 Å². The normalized spacial score (nSPS) is 14.9. The maximum atomic E-state index is 12.3. The number of fused-ring (bicyclic) bond motifs is 1. The molecule has 1 atom stereocenters. The largest absolute Gasteiger partial charge is 0.360 e. The fraction of sp³-hybridized carbons (Fsp3) is 0.467. The molecule has 23 heavy (non-hydrogen) atoms. The van der Waals surface area contributed by atoms with Crippen LogP contribution >= 0.6 is 0 Å². The number of hydrogen-bond acceptors (Lipinski definition) is 5. The van der Waals surface area contributed by atoms with Crippen molar-refractivity contribution in [1.29, 1.82) is 0 Å². The van der Waals surface area contributed by atoms with Gasteiger partial charge in [0.15, 0.2) is 11.5 Å². The molecule has 0 aromatic carbocycles. The smallest absolute Gasteiger partial charge is 0.272 e. The van der Waals surface area contributed by atoms with Gasteiger partial charge in [-0.2, -0.15) is 5.10 Å². The van der Waals surface area contributed by atoms with Crippen LogP contribution in [0.1, 0.15) is 47.3 Å². The first-order chi connectivity index (χ1) is 11.0. The number of hydrogen-bond donors (Lipinski definition) is 3. The number of nitrogens with one attached hydrogen (secondary N) is 3. The molecule has 0 saturated carbocycles. The molecule has 0 radical (unpaired) electrons. The summed E-state index contributed by atoms with van der Waals surface area (Å²) in [6, 6.07) is 0.895. The molecule has 2 amide bonds. The van der Waals surface area contributed by atoms with Crippen molar-refractivity contribution >= 4 is 17.6 Å². The van der Waals surface area contributed by atoms with E-state index in [-0.39, 0.29) is 11.8 Å². The van der Waals surface area contributed by atoms with E-state index in [1.165, 1.54) is 0 Å². The van der Waals surface area contributed by atoms with Crippen molar-refractivity contribution in [3.05, 3.63) is 28.8 Å². The van der Waals surface area contributed by atoms with Crippen molar-refractivity contribution in [2.45, 2.75) is 45.6 Å². The molecule has 0 spiro atoms. The third-order valence-corrected chi connectivity index (χ3v) is 3.89. The number of amides is 2. The zero-order chi connectivity index (χ0) is 16.4. The predicted molar refractivity (Wildman–Crippen MR) is 82.0 cm³/mol. The SMILES string of the molecule is Cc1cc(NC(=O)C(C)NC(=O)c2n[nH]c3c2CCCC3)no1. The number of nitrogens with zero attached hydrogens (tertiary/aromatic N) is 2. The Balaban J connectivity index is 1.63. The van der Waals surface area contributed by atoms with Crippen molar-refractivity contribution in [2.24, 2.45) is 0 Å². The highest BCUT2D eigenvalue weighted by Gasteiger charge is 2.24. The molecule has 8 heteroatoms. The first-order valence-corrected chi connectivity index (χ1v) is 7.65. The molecule has 0 fully saturated rings. The molecule has 1 aliphatic carbocycles. The molecule has 3 N–H and O–H groups in total. The zero-order valence-corrected chi connectivity index (χ0v) is 13.1. The van der Waals surface area contributed by atoms with E-state index < -0.39 is 6.04 Å². The number of rotatable bonds is 4. The Hall–Kier alpha value is -2.64. The van der Waals surface area contributed by atoms with Gasteiger partial charge >= 0.3 is 0 Å². The number of H-pyrrole nitrogens is 1. The highest BCUT2D eigenvalue weighted by atomic mass is 16.5. The summed E-state index contributed by atoms with van der Waals surface area (Å²) in [6.45, 7) is 3.34. The van der Waals surface area contributed by atoms with Crippen molar-refractivity contribution < 1.29 is 14.1 Å². The van der Waals surface area contributed by atoms with Gasteiger partial charge in [-0.3, -0.25) is 14.7 Å². The lowest BCUT2D eigenvalue weighted by atomic mass is 9.95. The third-order valence-electron chi connectivity index (χ3n) is 3.89. The fourth-order valence-electron chi connectivity index (χ4n) is 2.66. The monoisotopic (exact) mass is 317 g/mol. The first-order valence-electron chi connectivity index (χ1n) is 7.65. The molecule has 1 aliphatic rings. The Morgan fingerprint density at radius 1 is 1.35 bits per heavy atom. The molecule has 3 rings (SSSR count). The van der Waals surface area contributed by atoms with Gasteiger partial charge in [-0.25, -0.2) is 0 Å². The molecular weight excluding hydrogens is 298 g/mol. The van der Waals surface area contributed by atoms with Gasteiger partial charge in [0.2, 0.25) is 5.91 Å². The van der Waals surface area contributed by atoms with Crippen molar-refractivity contribution in [3.63, 3.8) is 0 Å². The summed E-state index contributed by atoms with van der Waals surface area (Å²) in [6.07, 6.45) is 3.91. The maximum absolute atomic E-state index is 12.3. The molecule has 2 heterocycles. The minimum absolute atomic E-state index is 0.325. The van der Waals surface area contributed by atoms with E-state index in [9.17, 15) is 9.59 Å². The lowest BCUT2D eigenvalue weighted by molar-refractivity contribution is -0.117. The summed E-state index contributed by atoms with van der Waals surface area (Å²) in [4.78, 5) is 24.4. The summed E-state index contributed by atoms with van der Waals surface area (Å²) in [7, 11) is 0. The van der Waals surface area contributed by atoms with E-state index in [2.05, 4.69) is 26.0 Å². The van der Waals surface area contributed by atoms with Crippen LogP contribution < -0.4 is 10.6 Å². The second-order valence-electron chi connectivity index (χ2n) is 5.74. The van der Waals surface area contributed by atoms with Crippen LogP contribution in [0.3, 0.4) is 0 Å². The Morgan fingerprint density at radius 3 is 2.87 bits per heavy atom. The third kappa shape index (κ3) is 3.25. The highest BCUT2D eigenvalue weighted by molar-refractivity contribution is 6.00. The van der Waals surface area contributed by atoms with Crippen molar-refractivity contribution in [3.8, 4) is 0 Å². The maximum Gasteiger partial charge on any atom is 0.272 e. The molecular formula is C15H19N5O3. The molecule has 0 saturated heterocycles. The van der Waals surface area contributed by atoms with Crippen LogP contribution in [-0.4, -0.2) is 33.2 Å². The summed E-state index contributed by atoms with van der Waals surface area (Å²) < 4.78 is 4.88. The van der Waals surface area contributed by atoms with Crippen LogP contribution in [0.5, 0.6) is 0 Å². The fourth-order valence-corrected chi connectivity index (χ4v) is 2.66. The van der Waals surface area contributed by atoms with E-state index >= 15 is 0 Å². The van der Waals surface area contributed by atoms with Gasteiger partial charge in [0.25, 0.3) is 5.91 Å². The number of anilines is 1. The summed E-state index contributed by atoms with van der Waals surface area (Å²) >= 11 is 0. The summed E-state index contributed by atoms with van der Waals surface area (Å²) in [5, 5.41) is 16.0. The first kappa shape index (κ1) is 15.3. The Kier molecular flexibility index (Phi) is 4.14. The Labute approximate surface area is 133 Å². The number of aryl methyl sites for hydroxylation is 2. The summed E-state index contributed by atoms with van der Waals surface area (Å²) in [5.74, 6) is 0.213. The minimum atomic E-state index is -0.713. The molecule has 122 valence electrons. The van der Waals surface area contributed by atoms with E-state index in [1.807, 2.05) is 0 Å². The topological polar surface area (TPSA) is 113 Å². The van der Waals surface area contributed by atoms with Gasteiger partial charge in [0, 0.05) is 17.3 Å². The Bertz CT molecular complexity index is 733. The lowest BCUT2D eigenvalue weighted by Gasteiger charge is -2.14. The van der Waals surface area contributed by atoms with Crippen LogP contribution in [0.25, 0.3) is 0 Å². The van der Waals surface area contributed by atoms with Gasteiger partial charge < -0.3 is 15.2 Å². The average Bonchev–Trinajstić information content (AvgIpc) is 3.13. The van der Waals surface area contributed by atoms with E-state index in [4.69, 9.17) is 4.52 Å². The van der Waals surface area contributed by atoms with Gasteiger partial charge in [0.05, 0.1) is 0 Å². The molecule has 0 aliphatic heterocycles. The number of aromatic nitrogens is 3. The van der Waals surface area contributed by atoms with Gasteiger partial charge in [-0.05, 0) is 39.5 Å². The van der Waals surface area contributed by atoms with E-state index in [0.717, 1.165) is 36.9 Å². The second-order valence-corrected chi connectivity index (χ2v) is 5.74. The molecule has 2 aromatic heterocycles. The molecule has 2 aromatic rings. The van der Waals surface area contributed by atoms with Gasteiger partial charge in [0.1, 0.15) is 11.8 Å². The van der Waals surface area contributed by atoms with Crippen LogP contribution in [0.4, 0.5) is 5.82 Å². The van der Waals surface area contributed by atoms with Crippen LogP contribution in [0, 0.1) is 6.92 Å². The predicted octanol–water partition coefficient (Wildman–Crippen LogP) is 1.34. The summed E-state index contributed by atoms with van der Waals surface area (Å²) in [5.41, 5.74) is 2.38. The Morgan fingerprint density at radius 2 is 2.13 bits per heavy atom. The molecule has 0 bridgehead atoms. The number of aromatic amines is 1. The quantitative estimate of drug-likeness (QED) is 0.787. The van der Waals surface area contributed by atoms with Crippen molar-refractivity contribution in [1.82, 2.24) is 20.7 Å². The van der Waals surface area contributed by atoms with E-state index in [0.29, 0.717) is 17.3 Å². The van der Waals surface area contributed by atoms with Crippen LogP contribution in [-0.2, 0) is 17.6 Å². The van der Waals surface area contributed by atoms with E-state index in [1.54, 1.807) is 19.9 Å². The second kappa shape index (κ2) is 6.23. The van der Waals surface area contributed by atoms with Crippen LogP contribution in [0.2, 0.25) is 0 Å². The molecule has 8 nitrogen and oxygen atoms in total. The standard InChI is InChI=1S/C15H19N5O3/c1-8-7-12(20-23-8)17-14(21)9(2)16-15(22)13-10-5-3-4-6-11(10)18-19-13/h7,9H,3-6H2,1-2H3,(H,16,22)(H,18,19)(H,17,20,21). The molecule has 1 unspecified atom stereocenters. The minimum Gasteiger partial charge on any atom is -0.360 e. The lowest BCUT2D eigenvalue weighted by Crippen LogP contribution is -2.42. The van der Waals surface area contributed by atoms with Crippen LogP contribution in [0.15, 0.2) is 10.6 Å². The number of carbonyl (C=O) groups excluding carboxylic acids is 2. The highest BCUT2D eigenvalue weighted by Crippen LogP contribution is 2.22. The zero-order valence-electron chi connectivity index (χ0n) is 13.1.